The van der Waals surface area contributed by atoms with Crippen LogP contribution in [0.5, 0.6) is 0 Å². The molecule has 2 aromatic rings. The summed E-state index contributed by atoms with van der Waals surface area (Å²) in [6.45, 7) is 4.04. The number of carboxylic acid groups (broad SMARTS) is 1. The van der Waals surface area contributed by atoms with E-state index in [1.807, 2.05) is 74.5 Å². The Bertz CT molecular complexity index is 776. The molecule has 1 saturated heterocycles. The third kappa shape index (κ3) is 5.22. The fourth-order valence-corrected chi connectivity index (χ4v) is 3.49. The van der Waals surface area contributed by atoms with Crippen LogP contribution in [-0.4, -0.2) is 23.0 Å². The van der Waals surface area contributed by atoms with E-state index in [4.69, 9.17) is 5.11 Å². The number of nitrogens with one attached hydrogen (secondary N) is 2. The van der Waals surface area contributed by atoms with Crippen LogP contribution in [0.4, 0.5) is 4.79 Å². The molecule has 3 N–H and O–H groups in total. The fourth-order valence-electron chi connectivity index (χ4n) is 3.49. The third-order valence-corrected chi connectivity index (χ3v) is 4.91. The number of aliphatic carboxylic acids is 1. The number of carbonyl (C=O) groups excluding carboxylic acids is 2. The smallest absolute Gasteiger partial charge is 0.322 e. The summed E-state index contributed by atoms with van der Waals surface area (Å²) in [7, 11) is 0. The van der Waals surface area contributed by atoms with Crippen molar-refractivity contribution >= 4 is 17.9 Å². The Morgan fingerprint density at radius 1 is 0.897 bits per heavy atom. The second-order valence-electron chi connectivity index (χ2n) is 7.00. The number of hydrogen-bond acceptors (Lipinski definition) is 3. The summed E-state index contributed by atoms with van der Waals surface area (Å²) in [6, 6.07) is 18.0. The Hall–Kier alpha value is -3.15. The first-order valence-electron chi connectivity index (χ1n) is 9.93. The highest BCUT2D eigenvalue weighted by Gasteiger charge is 2.48. The van der Waals surface area contributed by atoms with Gasteiger partial charge in [0.25, 0.3) is 5.91 Å². The molecular weight excluding hydrogens is 368 g/mol. The van der Waals surface area contributed by atoms with Crippen molar-refractivity contribution in [2.24, 2.45) is 5.92 Å². The van der Waals surface area contributed by atoms with E-state index in [9.17, 15) is 14.4 Å². The molecule has 0 atom stereocenters. The van der Waals surface area contributed by atoms with Crippen molar-refractivity contribution in [1.29, 1.82) is 0 Å². The van der Waals surface area contributed by atoms with Gasteiger partial charge in [-0.1, -0.05) is 87.4 Å². The zero-order chi connectivity index (χ0) is 21.3. The van der Waals surface area contributed by atoms with Crippen molar-refractivity contribution in [2.45, 2.75) is 45.1 Å². The van der Waals surface area contributed by atoms with Crippen LogP contribution in [0.25, 0.3) is 0 Å². The van der Waals surface area contributed by atoms with E-state index in [0.29, 0.717) is 0 Å². The Morgan fingerprint density at radius 2 is 1.34 bits per heavy atom. The lowest BCUT2D eigenvalue weighted by atomic mass is 9.83. The first kappa shape index (κ1) is 22.1. The second-order valence-corrected chi connectivity index (χ2v) is 7.00. The zero-order valence-corrected chi connectivity index (χ0v) is 16.9. The molecule has 1 fully saturated rings. The molecule has 0 aromatic heterocycles. The molecule has 0 unspecified atom stereocenters. The van der Waals surface area contributed by atoms with E-state index in [2.05, 4.69) is 10.6 Å². The van der Waals surface area contributed by atoms with Crippen molar-refractivity contribution < 1.29 is 19.5 Å². The van der Waals surface area contributed by atoms with Crippen LogP contribution in [0, 0.1) is 5.92 Å². The lowest BCUT2D eigenvalue weighted by molar-refractivity contribution is -0.142. The molecule has 0 bridgehead atoms. The van der Waals surface area contributed by atoms with Crippen LogP contribution < -0.4 is 10.6 Å². The maximum atomic E-state index is 12.3. The number of rotatable bonds is 7. The minimum Gasteiger partial charge on any atom is -0.481 e. The van der Waals surface area contributed by atoms with Gasteiger partial charge in [0.1, 0.15) is 0 Å². The lowest BCUT2D eigenvalue weighted by Crippen LogP contribution is -2.44. The average Bonchev–Trinajstić information content (AvgIpc) is 3.04. The van der Waals surface area contributed by atoms with Crippen LogP contribution in [0.2, 0.25) is 0 Å². The monoisotopic (exact) mass is 396 g/mol. The molecule has 0 aliphatic carbocycles. The minimum absolute atomic E-state index is 0.102. The predicted octanol–water partition coefficient (Wildman–Crippen LogP) is 4.06. The molecule has 2 aromatic carbocycles. The molecule has 3 rings (SSSR count). The first-order chi connectivity index (χ1) is 14.0. The van der Waals surface area contributed by atoms with Gasteiger partial charge in [-0.25, -0.2) is 4.79 Å². The number of benzene rings is 2. The molecule has 0 spiro atoms. The average molecular weight is 396 g/mol. The Morgan fingerprint density at radius 3 is 1.66 bits per heavy atom. The van der Waals surface area contributed by atoms with Crippen LogP contribution in [0.3, 0.4) is 0 Å². The summed E-state index contributed by atoms with van der Waals surface area (Å²) in [6.07, 6.45) is 3.58. The number of amides is 3. The predicted molar refractivity (Wildman–Crippen MR) is 111 cm³/mol. The van der Waals surface area contributed by atoms with Gasteiger partial charge in [-0.15, -0.1) is 0 Å². The summed E-state index contributed by atoms with van der Waals surface area (Å²) >= 11 is 0. The molecule has 1 aliphatic rings. The van der Waals surface area contributed by atoms with Crippen molar-refractivity contribution in [3.8, 4) is 0 Å². The van der Waals surface area contributed by atoms with Crippen molar-refractivity contribution in [1.82, 2.24) is 10.6 Å². The van der Waals surface area contributed by atoms with Crippen LogP contribution in [0.15, 0.2) is 60.7 Å². The van der Waals surface area contributed by atoms with Crippen molar-refractivity contribution in [3.05, 3.63) is 71.8 Å². The maximum absolute atomic E-state index is 12.3. The van der Waals surface area contributed by atoms with Gasteiger partial charge in [0.05, 0.1) is 5.92 Å². The van der Waals surface area contributed by atoms with E-state index in [0.717, 1.165) is 36.8 Å². The molecular formula is C23H28N2O4. The van der Waals surface area contributed by atoms with Gasteiger partial charge in [-0.2, -0.15) is 0 Å². The summed E-state index contributed by atoms with van der Waals surface area (Å²) in [4.78, 5) is 34.4. The number of hydrogen-bond donors (Lipinski definition) is 3. The molecule has 0 radical (unpaired) electrons. The SMILES string of the molecule is CCCC(CCC)C(=O)O.O=C1NC(=O)C(c2ccccc2)(c2ccccc2)N1. The summed E-state index contributed by atoms with van der Waals surface area (Å²) in [5.41, 5.74) is 0.341. The van der Waals surface area contributed by atoms with E-state index < -0.39 is 17.5 Å². The molecule has 0 saturated carbocycles. The van der Waals surface area contributed by atoms with E-state index in [1.165, 1.54) is 0 Å². The summed E-state index contributed by atoms with van der Waals surface area (Å²) in [5.74, 6) is -1.09. The zero-order valence-electron chi connectivity index (χ0n) is 16.9. The highest BCUT2D eigenvalue weighted by atomic mass is 16.4. The third-order valence-electron chi connectivity index (χ3n) is 4.91. The van der Waals surface area contributed by atoms with E-state index >= 15 is 0 Å². The van der Waals surface area contributed by atoms with Crippen LogP contribution in [-0.2, 0) is 15.1 Å². The molecule has 6 nitrogen and oxygen atoms in total. The van der Waals surface area contributed by atoms with Gasteiger partial charge in [0.15, 0.2) is 5.54 Å². The normalized spacial score (nSPS) is 14.6. The van der Waals surface area contributed by atoms with Gasteiger partial charge in [0, 0.05) is 0 Å². The fraction of sp³-hybridized carbons (Fsp3) is 0.348. The topological polar surface area (TPSA) is 95.5 Å². The number of urea groups is 1. The summed E-state index contributed by atoms with van der Waals surface area (Å²) in [5, 5.41) is 13.7. The first-order valence-corrected chi connectivity index (χ1v) is 9.93. The van der Waals surface area contributed by atoms with Gasteiger partial charge in [-0.05, 0) is 24.0 Å². The van der Waals surface area contributed by atoms with Gasteiger partial charge in [0.2, 0.25) is 0 Å². The maximum Gasteiger partial charge on any atom is 0.322 e. The van der Waals surface area contributed by atoms with Crippen molar-refractivity contribution in [3.63, 3.8) is 0 Å². The van der Waals surface area contributed by atoms with Crippen LogP contribution >= 0.6 is 0 Å². The Kier molecular flexibility index (Phi) is 7.95. The Labute approximate surface area is 171 Å². The van der Waals surface area contributed by atoms with E-state index in [-0.39, 0.29) is 11.8 Å². The number of carbonyl (C=O) groups is 3. The quantitative estimate of drug-likeness (QED) is 0.615. The number of carboxylic acids is 1. The molecule has 1 aliphatic heterocycles. The van der Waals surface area contributed by atoms with E-state index in [1.54, 1.807) is 0 Å². The molecule has 29 heavy (non-hydrogen) atoms. The van der Waals surface area contributed by atoms with Gasteiger partial charge in [-0.3, -0.25) is 14.9 Å². The molecule has 6 heteroatoms. The highest BCUT2D eigenvalue weighted by Crippen LogP contribution is 2.32. The molecule has 3 amide bonds. The second kappa shape index (κ2) is 10.4. The molecule has 1 heterocycles. The standard InChI is InChI=1S/C15H12N2O2.C8H16O2/c18-13-15(17-14(19)16-13,11-7-3-1-4-8-11)12-9-5-2-6-10-12;1-3-5-7(6-4-2)8(9)10/h1-10H,(H2,16,17,18,19);7H,3-6H2,1-2H3,(H,9,10). The van der Waals surface area contributed by atoms with Crippen molar-refractivity contribution in [2.75, 3.05) is 0 Å². The number of imide groups is 1. The minimum atomic E-state index is -1.14. The van der Waals surface area contributed by atoms with Gasteiger partial charge < -0.3 is 10.4 Å². The summed E-state index contributed by atoms with van der Waals surface area (Å²) < 4.78 is 0. The lowest BCUT2D eigenvalue weighted by Gasteiger charge is -2.27. The largest absolute Gasteiger partial charge is 0.481 e. The Balaban J connectivity index is 0.000000257. The molecule has 154 valence electrons. The van der Waals surface area contributed by atoms with Crippen LogP contribution in [0.1, 0.15) is 50.7 Å². The highest BCUT2D eigenvalue weighted by molar-refractivity contribution is 6.09. The van der Waals surface area contributed by atoms with Gasteiger partial charge >= 0.3 is 12.0 Å².